The fraction of sp³-hybridized carbons (Fsp3) is 0.529. The number of piperidine rings is 1. The second-order valence-electron chi connectivity index (χ2n) is 5.71. The number of nitrogens with zero attached hydrogens (tertiary/aromatic N) is 1. The van der Waals surface area contributed by atoms with Crippen LogP contribution in [0.3, 0.4) is 0 Å². The van der Waals surface area contributed by atoms with Crippen LogP contribution >= 0.6 is 28.3 Å². The molecule has 2 rings (SSSR count). The Hall–Kier alpha value is -1.11. The van der Waals surface area contributed by atoms with E-state index in [0.717, 1.165) is 30.4 Å². The van der Waals surface area contributed by atoms with E-state index in [1.54, 1.807) is 12.1 Å². The Labute approximate surface area is 157 Å². The highest BCUT2D eigenvalue weighted by Gasteiger charge is 2.22. The van der Waals surface area contributed by atoms with Gasteiger partial charge < -0.3 is 15.0 Å². The number of Topliss-reactive ketones (excluding diaryl/α,β-unsaturated/α-hetero) is 1. The van der Waals surface area contributed by atoms with Crippen LogP contribution in [0.1, 0.15) is 36.0 Å². The average Bonchev–Trinajstić information content (AvgIpc) is 2.59. The lowest BCUT2D eigenvalue weighted by molar-refractivity contribution is -0.132. The zero-order valence-corrected chi connectivity index (χ0v) is 16.4. The number of hydrogen-bond donors (Lipinski definition) is 1. The number of ketones is 1. The van der Waals surface area contributed by atoms with Gasteiger partial charge in [-0.15, -0.1) is 12.4 Å². The highest BCUT2D eigenvalue weighted by atomic mass is 79.9. The van der Waals surface area contributed by atoms with Gasteiger partial charge in [-0.2, -0.15) is 0 Å². The van der Waals surface area contributed by atoms with E-state index in [4.69, 9.17) is 4.74 Å². The first-order chi connectivity index (χ1) is 11.0. The number of methoxy groups -OCH3 is 1. The Morgan fingerprint density at radius 2 is 1.96 bits per heavy atom. The Kier molecular flexibility index (Phi) is 8.73. The number of carbonyl (C=O) groups is 2. The molecule has 24 heavy (non-hydrogen) atoms. The van der Waals surface area contributed by atoms with Gasteiger partial charge in [0.05, 0.1) is 12.7 Å². The van der Waals surface area contributed by atoms with Crippen molar-refractivity contribution in [3.63, 3.8) is 0 Å². The number of nitrogens with one attached hydrogen (secondary N) is 1. The number of ether oxygens (including phenoxy) is 1. The second-order valence-corrected chi connectivity index (χ2v) is 6.63. The smallest absolute Gasteiger partial charge is 0.223 e. The molecule has 0 atom stereocenters. The van der Waals surface area contributed by atoms with E-state index in [1.165, 1.54) is 7.11 Å². The van der Waals surface area contributed by atoms with Crippen LogP contribution in [0.25, 0.3) is 0 Å². The van der Waals surface area contributed by atoms with E-state index < -0.39 is 0 Å². The molecule has 0 spiro atoms. The number of amides is 1. The zero-order chi connectivity index (χ0) is 16.8. The Balaban J connectivity index is 0.00000288. The molecule has 5 nitrogen and oxygen atoms in total. The molecule has 1 aromatic carbocycles. The van der Waals surface area contributed by atoms with E-state index >= 15 is 0 Å². The van der Waals surface area contributed by atoms with Gasteiger partial charge in [-0.25, -0.2) is 0 Å². The third-order valence-corrected chi connectivity index (χ3v) is 4.78. The van der Waals surface area contributed by atoms with Gasteiger partial charge in [-0.3, -0.25) is 9.59 Å². The van der Waals surface area contributed by atoms with E-state index in [9.17, 15) is 9.59 Å². The third-order valence-electron chi connectivity index (χ3n) is 4.28. The summed E-state index contributed by atoms with van der Waals surface area (Å²) in [7, 11) is 3.49. The molecule has 0 aliphatic carbocycles. The lowest BCUT2D eigenvalue weighted by Gasteiger charge is -2.31. The molecule has 0 radical (unpaired) electrons. The number of hydrogen-bond acceptors (Lipinski definition) is 4. The van der Waals surface area contributed by atoms with E-state index in [1.807, 2.05) is 18.0 Å². The van der Waals surface area contributed by atoms with E-state index in [2.05, 4.69) is 21.2 Å². The first-order valence-corrected chi connectivity index (χ1v) is 8.66. The molecule has 0 unspecified atom stereocenters. The van der Waals surface area contributed by atoms with Crippen LogP contribution in [0, 0.1) is 0 Å². The lowest BCUT2D eigenvalue weighted by atomic mass is 10.0. The summed E-state index contributed by atoms with van der Waals surface area (Å²) in [5.41, 5.74) is 0.517. The van der Waals surface area contributed by atoms with Crippen molar-refractivity contribution < 1.29 is 14.3 Å². The maximum Gasteiger partial charge on any atom is 0.223 e. The molecule has 0 aromatic heterocycles. The standard InChI is InChI=1S/C17H23BrN2O3.ClH/c1-19-13-7-9-20(10-8-13)17(22)6-4-15(21)14-11-12(18)3-5-16(14)23-2;/h3,5,11,13,19H,4,6-10H2,1-2H3;1H. The number of halogens is 2. The summed E-state index contributed by atoms with van der Waals surface area (Å²) in [5, 5.41) is 3.24. The highest BCUT2D eigenvalue weighted by Crippen LogP contribution is 2.24. The Morgan fingerprint density at radius 3 is 2.54 bits per heavy atom. The monoisotopic (exact) mass is 418 g/mol. The van der Waals surface area contributed by atoms with Crippen molar-refractivity contribution in [3.8, 4) is 5.75 Å². The van der Waals surface area contributed by atoms with Crippen LogP contribution in [0.5, 0.6) is 5.75 Å². The highest BCUT2D eigenvalue weighted by molar-refractivity contribution is 9.10. The van der Waals surface area contributed by atoms with Crippen molar-refractivity contribution >= 4 is 40.0 Å². The van der Waals surface area contributed by atoms with Crippen LogP contribution in [0.4, 0.5) is 0 Å². The molecule has 1 aliphatic heterocycles. The van der Waals surface area contributed by atoms with Crippen LogP contribution in [-0.4, -0.2) is 49.9 Å². The van der Waals surface area contributed by atoms with Crippen molar-refractivity contribution in [3.05, 3.63) is 28.2 Å². The second kappa shape index (κ2) is 10.0. The Bertz CT molecular complexity index is 575. The molecular weight excluding hydrogens is 396 g/mol. The summed E-state index contributed by atoms with van der Waals surface area (Å²) in [6.45, 7) is 1.53. The van der Waals surface area contributed by atoms with Crippen molar-refractivity contribution in [1.82, 2.24) is 10.2 Å². The molecular formula is C17H24BrClN2O3. The van der Waals surface area contributed by atoms with Gasteiger partial charge in [-0.1, -0.05) is 15.9 Å². The largest absolute Gasteiger partial charge is 0.496 e. The minimum absolute atomic E-state index is 0. The molecule has 1 aliphatic rings. The molecule has 1 amide bonds. The summed E-state index contributed by atoms with van der Waals surface area (Å²) in [4.78, 5) is 26.5. The van der Waals surface area contributed by atoms with Crippen molar-refractivity contribution in [2.45, 2.75) is 31.7 Å². The number of likely N-dealkylation sites (tertiary alicyclic amines) is 1. The molecule has 1 aromatic rings. The van der Waals surface area contributed by atoms with Gasteiger partial charge in [0.15, 0.2) is 5.78 Å². The van der Waals surface area contributed by atoms with E-state index in [-0.39, 0.29) is 36.9 Å². The normalized spacial score (nSPS) is 14.9. The summed E-state index contributed by atoms with van der Waals surface area (Å²) in [6, 6.07) is 5.81. The minimum Gasteiger partial charge on any atom is -0.496 e. The van der Waals surface area contributed by atoms with Crippen molar-refractivity contribution in [2.75, 3.05) is 27.2 Å². The predicted octanol–water partition coefficient (Wildman–Crippen LogP) is 3.05. The lowest BCUT2D eigenvalue weighted by Crippen LogP contribution is -2.44. The van der Waals surface area contributed by atoms with Crippen LogP contribution < -0.4 is 10.1 Å². The zero-order valence-electron chi connectivity index (χ0n) is 14.0. The van der Waals surface area contributed by atoms with Crippen LogP contribution in [-0.2, 0) is 4.79 Å². The summed E-state index contributed by atoms with van der Waals surface area (Å²) in [6.07, 6.45) is 2.39. The van der Waals surface area contributed by atoms with Crippen molar-refractivity contribution in [1.29, 1.82) is 0 Å². The number of benzene rings is 1. The van der Waals surface area contributed by atoms with Gasteiger partial charge >= 0.3 is 0 Å². The Morgan fingerprint density at radius 1 is 1.29 bits per heavy atom. The molecule has 134 valence electrons. The quantitative estimate of drug-likeness (QED) is 0.720. The average molecular weight is 420 g/mol. The third kappa shape index (κ3) is 5.46. The first kappa shape index (κ1) is 20.9. The predicted molar refractivity (Wildman–Crippen MR) is 100 cm³/mol. The fourth-order valence-corrected chi connectivity index (χ4v) is 3.19. The van der Waals surface area contributed by atoms with Gasteiger partial charge in [-0.05, 0) is 38.1 Å². The summed E-state index contributed by atoms with van der Waals surface area (Å²) in [5.74, 6) is 0.531. The first-order valence-electron chi connectivity index (χ1n) is 7.87. The SMILES string of the molecule is CNC1CCN(C(=O)CCC(=O)c2cc(Br)ccc2OC)CC1.Cl. The molecule has 1 saturated heterocycles. The van der Waals surface area contributed by atoms with Crippen molar-refractivity contribution in [2.24, 2.45) is 0 Å². The van der Waals surface area contributed by atoms with Gasteiger partial charge in [0, 0.05) is 36.4 Å². The molecule has 1 heterocycles. The van der Waals surface area contributed by atoms with Crippen LogP contribution in [0.2, 0.25) is 0 Å². The topological polar surface area (TPSA) is 58.6 Å². The molecule has 7 heteroatoms. The maximum atomic E-state index is 12.4. The fourth-order valence-electron chi connectivity index (χ4n) is 2.83. The molecule has 0 bridgehead atoms. The van der Waals surface area contributed by atoms with Crippen LogP contribution in [0.15, 0.2) is 22.7 Å². The summed E-state index contributed by atoms with van der Waals surface area (Å²) >= 11 is 3.36. The van der Waals surface area contributed by atoms with Gasteiger partial charge in [0.1, 0.15) is 5.75 Å². The maximum absolute atomic E-state index is 12.4. The van der Waals surface area contributed by atoms with E-state index in [0.29, 0.717) is 17.4 Å². The molecule has 1 fully saturated rings. The van der Waals surface area contributed by atoms with Gasteiger partial charge in [0.2, 0.25) is 5.91 Å². The molecule has 0 saturated carbocycles. The van der Waals surface area contributed by atoms with Gasteiger partial charge in [0.25, 0.3) is 0 Å². The number of carbonyl (C=O) groups excluding carboxylic acids is 2. The minimum atomic E-state index is -0.0680. The molecule has 1 N–H and O–H groups in total. The number of rotatable bonds is 6. The summed E-state index contributed by atoms with van der Waals surface area (Å²) < 4.78 is 6.05.